The molecule has 2 aliphatic heterocycles. The second kappa shape index (κ2) is 15.0. The lowest BCUT2D eigenvalue weighted by Crippen LogP contribution is -2.54. The Balaban J connectivity index is 0.000000253. The lowest BCUT2D eigenvalue weighted by molar-refractivity contribution is -0.120. The van der Waals surface area contributed by atoms with Crippen molar-refractivity contribution in [2.24, 2.45) is 5.92 Å². The zero-order valence-electron chi connectivity index (χ0n) is 22.9. The highest BCUT2D eigenvalue weighted by molar-refractivity contribution is 5.75. The summed E-state index contributed by atoms with van der Waals surface area (Å²) in [6.45, 7) is 13.1. The standard InChI is InChI=1S/C19H29N3O2.C10H19NO/c1-3-24-18-9-5-4-8-17(18)20-11-13-21(14-12-20)19(23)22-10-6-7-16(2)15-22;1-2-8-11(9-12)10-6-4-3-5-7-10/h4-5,8-9,16H,3,6-7,10-15H2,1-2H3;9-10H,2-8H2,1H3. The van der Waals surface area contributed by atoms with Crippen LogP contribution in [0.4, 0.5) is 10.5 Å². The molecule has 1 aromatic carbocycles. The van der Waals surface area contributed by atoms with Gasteiger partial charge in [0.05, 0.1) is 12.3 Å². The highest BCUT2D eigenvalue weighted by Gasteiger charge is 2.28. The van der Waals surface area contributed by atoms with Crippen molar-refractivity contribution in [3.8, 4) is 5.75 Å². The largest absolute Gasteiger partial charge is 0.492 e. The third-order valence-electron chi connectivity index (χ3n) is 7.64. The molecule has 2 saturated heterocycles. The molecule has 0 spiro atoms. The molecule has 0 radical (unpaired) electrons. The molecular weight excluding hydrogens is 452 g/mol. The first-order chi connectivity index (χ1) is 17.6. The van der Waals surface area contributed by atoms with E-state index in [4.69, 9.17) is 4.74 Å². The van der Waals surface area contributed by atoms with E-state index in [0.29, 0.717) is 18.6 Å². The SMILES string of the molecule is CCCN(C=O)C1CCCCC1.CCOc1ccccc1N1CCN(C(=O)N2CCCC(C)C2)CC1. The van der Waals surface area contributed by atoms with Crippen molar-refractivity contribution in [3.63, 3.8) is 0 Å². The van der Waals surface area contributed by atoms with Gasteiger partial charge in [0.25, 0.3) is 0 Å². The maximum atomic E-state index is 12.7. The van der Waals surface area contributed by atoms with Crippen LogP contribution in [0.2, 0.25) is 0 Å². The first-order valence-electron chi connectivity index (χ1n) is 14.3. The van der Waals surface area contributed by atoms with Gasteiger partial charge >= 0.3 is 6.03 Å². The van der Waals surface area contributed by atoms with Crippen molar-refractivity contribution in [1.82, 2.24) is 14.7 Å². The number of carbonyl (C=O) groups excluding carboxylic acids is 2. The number of amides is 3. The van der Waals surface area contributed by atoms with Crippen LogP contribution in [0.3, 0.4) is 0 Å². The van der Waals surface area contributed by atoms with E-state index in [1.165, 1.54) is 38.5 Å². The predicted molar refractivity (Wildman–Crippen MR) is 147 cm³/mol. The van der Waals surface area contributed by atoms with Crippen molar-refractivity contribution in [2.75, 3.05) is 57.3 Å². The number of benzene rings is 1. The normalized spacial score (nSPS) is 20.9. The van der Waals surface area contributed by atoms with Crippen LogP contribution < -0.4 is 9.64 Å². The number of anilines is 1. The molecule has 1 aromatic rings. The summed E-state index contributed by atoms with van der Waals surface area (Å²) < 4.78 is 5.74. The third kappa shape index (κ3) is 8.04. The second-order valence-electron chi connectivity index (χ2n) is 10.5. The van der Waals surface area contributed by atoms with Crippen molar-refractivity contribution in [2.45, 2.75) is 78.2 Å². The first-order valence-corrected chi connectivity index (χ1v) is 14.3. The van der Waals surface area contributed by atoms with Gasteiger partial charge < -0.3 is 24.3 Å². The van der Waals surface area contributed by atoms with Crippen LogP contribution in [0, 0.1) is 5.92 Å². The molecule has 1 aliphatic carbocycles. The van der Waals surface area contributed by atoms with E-state index >= 15 is 0 Å². The van der Waals surface area contributed by atoms with Gasteiger partial charge in [-0.3, -0.25) is 4.79 Å². The zero-order valence-corrected chi connectivity index (χ0v) is 22.9. The van der Waals surface area contributed by atoms with Crippen molar-refractivity contribution in [1.29, 1.82) is 0 Å². The van der Waals surface area contributed by atoms with Crippen LogP contribution >= 0.6 is 0 Å². The highest BCUT2D eigenvalue weighted by atomic mass is 16.5. The summed E-state index contributed by atoms with van der Waals surface area (Å²) >= 11 is 0. The number of hydrogen-bond acceptors (Lipinski definition) is 4. The number of likely N-dealkylation sites (tertiary alicyclic amines) is 1. The van der Waals surface area contributed by atoms with E-state index in [-0.39, 0.29) is 6.03 Å². The summed E-state index contributed by atoms with van der Waals surface area (Å²) in [4.78, 5) is 31.8. The van der Waals surface area contributed by atoms with Crippen LogP contribution in [0.15, 0.2) is 24.3 Å². The Morgan fingerprint density at radius 1 is 0.972 bits per heavy atom. The second-order valence-corrected chi connectivity index (χ2v) is 10.5. The highest BCUT2D eigenvalue weighted by Crippen LogP contribution is 2.29. The number of ether oxygens (including phenoxy) is 1. The van der Waals surface area contributed by atoms with E-state index in [1.807, 2.05) is 39.8 Å². The van der Waals surface area contributed by atoms with Gasteiger partial charge in [-0.15, -0.1) is 0 Å². The molecule has 7 heteroatoms. The molecule has 1 saturated carbocycles. The van der Waals surface area contributed by atoms with E-state index in [1.54, 1.807) is 0 Å². The molecule has 2 heterocycles. The lowest BCUT2D eigenvalue weighted by atomic mass is 9.94. The van der Waals surface area contributed by atoms with Crippen LogP contribution in [-0.2, 0) is 4.79 Å². The summed E-state index contributed by atoms with van der Waals surface area (Å²) in [5.74, 6) is 1.56. The number of nitrogens with zero attached hydrogens (tertiary/aromatic N) is 4. The average molecular weight is 501 g/mol. The van der Waals surface area contributed by atoms with E-state index in [2.05, 4.69) is 24.8 Å². The molecule has 3 amide bonds. The Kier molecular flexibility index (Phi) is 11.7. The van der Waals surface area contributed by atoms with Gasteiger partial charge in [0.2, 0.25) is 6.41 Å². The van der Waals surface area contributed by atoms with Gasteiger partial charge in [-0.25, -0.2) is 4.79 Å². The molecule has 1 unspecified atom stereocenters. The van der Waals surface area contributed by atoms with Gasteiger partial charge in [-0.2, -0.15) is 0 Å². The molecule has 202 valence electrons. The van der Waals surface area contributed by atoms with E-state index in [0.717, 1.165) is 76.5 Å². The topological polar surface area (TPSA) is 56.3 Å². The van der Waals surface area contributed by atoms with Crippen LogP contribution in [0.5, 0.6) is 5.75 Å². The van der Waals surface area contributed by atoms with Gasteiger partial charge in [0, 0.05) is 51.9 Å². The van der Waals surface area contributed by atoms with Crippen molar-refractivity contribution < 1.29 is 14.3 Å². The minimum Gasteiger partial charge on any atom is -0.492 e. The monoisotopic (exact) mass is 500 g/mol. The minimum absolute atomic E-state index is 0.222. The first kappa shape index (κ1) is 28.1. The summed E-state index contributed by atoms with van der Waals surface area (Å²) in [6, 6.07) is 8.95. The van der Waals surface area contributed by atoms with Crippen molar-refractivity contribution >= 4 is 18.1 Å². The van der Waals surface area contributed by atoms with E-state index < -0.39 is 0 Å². The number of piperazine rings is 1. The molecule has 7 nitrogen and oxygen atoms in total. The van der Waals surface area contributed by atoms with E-state index in [9.17, 15) is 9.59 Å². The number of hydrogen-bond donors (Lipinski definition) is 0. The van der Waals surface area contributed by atoms with Crippen LogP contribution in [0.1, 0.15) is 72.1 Å². The maximum absolute atomic E-state index is 12.7. The average Bonchev–Trinajstić information content (AvgIpc) is 2.93. The number of para-hydroxylation sites is 2. The molecule has 36 heavy (non-hydrogen) atoms. The third-order valence-corrected chi connectivity index (χ3v) is 7.64. The molecule has 3 fully saturated rings. The molecule has 3 aliphatic rings. The quantitative estimate of drug-likeness (QED) is 0.480. The Morgan fingerprint density at radius 3 is 2.33 bits per heavy atom. The smallest absolute Gasteiger partial charge is 0.320 e. The van der Waals surface area contributed by atoms with Crippen LogP contribution in [0.25, 0.3) is 0 Å². The minimum atomic E-state index is 0.222. The fourth-order valence-electron chi connectivity index (χ4n) is 5.69. The fourth-order valence-corrected chi connectivity index (χ4v) is 5.69. The summed E-state index contributed by atoms with van der Waals surface area (Å²) in [5.41, 5.74) is 1.14. The van der Waals surface area contributed by atoms with Crippen LogP contribution in [-0.4, -0.2) is 85.6 Å². The van der Waals surface area contributed by atoms with Gasteiger partial charge in [-0.1, -0.05) is 45.2 Å². The Labute approximate surface area is 218 Å². The molecule has 1 atom stereocenters. The number of piperidine rings is 1. The number of urea groups is 1. The van der Waals surface area contributed by atoms with Gasteiger partial charge in [0.1, 0.15) is 5.75 Å². The molecule has 4 rings (SSSR count). The molecular formula is C29H48N4O3. The van der Waals surface area contributed by atoms with Crippen molar-refractivity contribution in [3.05, 3.63) is 24.3 Å². The molecule has 0 bridgehead atoms. The van der Waals surface area contributed by atoms with Gasteiger partial charge in [0.15, 0.2) is 0 Å². The van der Waals surface area contributed by atoms with Gasteiger partial charge in [-0.05, 0) is 57.1 Å². The summed E-state index contributed by atoms with van der Waals surface area (Å²) in [7, 11) is 0. The molecule has 0 N–H and O–H groups in total. The lowest BCUT2D eigenvalue weighted by Gasteiger charge is -2.40. The Morgan fingerprint density at radius 2 is 1.69 bits per heavy atom. The predicted octanol–water partition coefficient (Wildman–Crippen LogP) is 5.25. The molecule has 0 aromatic heterocycles. The Bertz CT molecular complexity index is 790. The summed E-state index contributed by atoms with van der Waals surface area (Å²) in [6.07, 6.45) is 10.9. The maximum Gasteiger partial charge on any atom is 0.320 e. The number of rotatable bonds is 7. The number of carbonyl (C=O) groups is 2. The Hall–Kier alpha value is -2.44. The zero-order chi connectivity index (χ0) is 25.8. The summed E-state index contributed by atoms with van der Waals surface area (Å²) in [5, 5.41) is 0. The fraction of sp³-hybridized carbons (Fsp3) is 0.724.